The van der Waals surface area contributed by atoms with Crippen LogP contribution >= 0.6 is 0 Å². The molecule has 0 rings (SSSR count). The molecule has 0 aliphatic heterocycles. The van der Waals surface area contributed by atoms with Gasteiger partial charge >= 0.3 is 0 Å². The van der Waals surface area contributed by atoms with Gasteiger partial charge in [0.05, 0.1) is 0 Å². The van der Waals surface area contributed by atoms with E-state index in [1.165, 1.54) is 0 Å². The van der Waals surface area contributed by atoms with Crippen LogP contribution in [0.15, 0.2) is 0 Å². The van der Waals surface area contributed by atoms with Crippen molar-refractivity contribution in [2.24, 2.45) is 0 Å². The topological polar surface area (TPSA) is 259 Å². The van der Waals surface area contributed by atoms with Gasteiger partial charge < -0.3 is 32.3 Å². The van der Waals surface area contributed by atoms with E-state index in [2.05, 4.69) is 0 Å². The van der Waals surface area contributed by atoms with Gasteiger partial charge in [0, 0.05) is 17.1 Å². The summed E-state index contributed by atoms with van der Waals surface area (Å²) in [5, 5.41) is 27.3. The summed E-state index contributed by atoms with van der Waals surface area (Å²) in [6, 6.07) is 0. The average molecular weight is 257 g/mol. The average Bonchev–Trinajstić information content (AvgIpc) is 1.25. The second-order valence-corrected chi connectivity index (χ2v) is 0.476. The fourth-order valence-corrected chi connectivity index (χ4v) is 0. The van der Waals surface area contributed by atoms with E-state index >= 15 is 0 Å². The number of rotatable bonds is 0. The van der Waals surface area contributed by atoms with Crippen LogP contribution in [0.1, 0.15) is 0 Å². The Morgan fingerprint density at radius 3 is 0.769 bits per heavy atom. The summed E-state index contributed by atoms with van der Waals surface area (Å²) in [4.78, 5) is 16.7. The molecule has 0 aliphatic rings. The largest absolute Gasteiger partial charge is 0.457 e. The molecule has 0 bridgehead atoms. The zero-order valence-electron chi connectivity index (χ0n) is 6.11. The van der Waals surface area contributed by atoms with E-state index in [0.717, 1.165) is 0 Å². The Morgan fingerprint density at radius 2 is 0.769 bits per heavy atom. The van der Waals surface area contributed by atoms with Gasteiger partial charge in [-0.25, -0.2) is 0 Å². The van der Waals surface area contributed by atoms with E-state index in [0.29, 0.717) is 0 Å². The molecule has 0 fully saturated rings. The van der Waals surface area contributed by atoms with Gasteiger partial charge in [-0.15, -0.1) is 20.2 Å². The van der Waals surface area contributed by atoms with E-state index in [9.17, 15) is 0 Å². The van der Waals surface area contributed by atoms with E-state index in [4.69, 9.17) is 30.6 Å². The van der Waals surface area contributed by atoms with Crippen LogP contribution < -0.4 is 0 Å². The first-order chi connectivity index (χ1) is 3.46. The minimum Gasteiger partial charge on any atom is -0.457 e. The van der Waals surface area contributed by atoms with E-state index in [-0.39, 0.29) is 39.0 Å². The normalized spacial score (nSPS) is 3.69. The maximum atomic E-state index is 8.36. The summed E-state index contributed by atoms with van der Waals surface area (Å²) in [7, 11) is 0. The molecule has 13 heteroatoms. The summed E-state index contributed by atoms with van der Waals surface area (Å²) < 4.78 is 0. The van der Waals surface area contributed by atoms with Gasteiger partial charge in [0.1, 0.15) is 0 Å². The molecule has 87 valence electrons. The van der Waals surface area contributed by atoms with Crippen molar-refractivity contribution in [2.75, 3.05) is 0 Å². The molecule has 0 amide bonds. The molecule has 0 saturated carbocycles. The monoisotopic (exact) mass is 257 g/mol. The van der Waals surface area contributed by atoms with E-state index in [1.54, 1.807) is 0 Å². The minimum atomic E-state index is -1.50. The second kappa shape index (κ2) is 45.2. The first-order valence-electron chi connectivity index (χ1n) is 1.13. The third-order valence-corrected chi connectivity index (χ3v) is 0. The quantitative estimate of drug-likeness (QED) is 0.187. The Hall–Kier alpha value is -1.24. The molecule has 14 N–H and O–H groups in total. The molecular formula is H14MnN2O10+4. The summed E-state index contributed by atoms with van der Waals surface area (Å²) >= 11 is 0. The van der Waals surface area contributed by atoms with Crippen molar-refractivity contribution in [3.8, 4) is 0 Å². The molecule has 1 radical (unpaired) electrons. The standard InChI is InChI=1S/Mn.2HNO3.4H2O/c;2*2-1(3)4;;;;/h;2*(H,2,3,4);4*1H2/p+4. The molecule has 0 spiro atoms. The molecule has 0 heterocycles. The van der Waals surface area contributed by atoms with Crippen molar-refractivity contribution in [1.82, 2.24) is 0 Å². The fraction of sp³-hybridized carbons (Fsp3) is 0. The van der Waals surface area contributed by atoms with Crippen molar-refractivity contribution in [3.05, 3.63) is 20.2 Å². The van der Waals surface area contributed by atoms with E-state index < -0.39 is 10.2 Å². The van der Waals surface area contributed by atoms with Crippen LogP contribution in [0.25, 0.3) is 0 Å². The number of hydrogen-bond acceptors (Lipinski definition) is 4. The van der Waals surface area contributed by atoms with Crippen molar-refractivity contribution in [2.45, 2.75) is 0 Å². The molecule has 0 unspecified atom stereocenters. The van der Waals surface area contributed by atoms with E-state index in [1.807, 2.05) is 0 Å². The minimum absolute atomic E-state index is 0. The maximum absolute atomic E-state index is 8.36. The van der Waals surface area contributed by atoms with Crippen molar-refractivity contribution in [1.29, 1.82) is 0 Å². The van der Waals surface area contributed by atoms with Crippen LogP contribution in [0.5, 0.6) is 0 Å². The van der Waals surface area contributed by atoms with Gasteiger partial charge in [0.25, 0.3) is 10.2 Å². The zero-order valence-corrected chi connectivity index (χ0v) is 7.29. The van der Waals surface area contributed by atoms with Gasteiger partial charge in [0.15, 0.2) is 0 Å². The van der Waals surface area contributed by atoms with Crippen LogP contribution in [0.2, 0.25) is 0 Å². The molecule has 0 aromatic rings. The smallest absolute Gasteiger partial charge is 0.291 e. The van der Waals surface area contributed by atoms with Gasteiger partial charge in [0.2, 0.25) is 0 Å². The summed E-state index contributed by atoms with van der Waals surface area (Å²) in [5.74, 6) is 0. The van der Waals surface area contributed by atoms with Crippen molar-refractivity contribution < 1.29 is 59.6 Å². The van der Waals surface area contributed by atoms with Gasteiger partial charge in [-0.2, -0.15) is 0 Å². The first kappa shape index (κ1) is 60.1. The summed E-state index contributed by atoms with van der Waals surface area (Å²) in [6.07, 6.45) is 0. The zero-order chi connectivity index (χ0) is 7.15. The SMILES string of the molecule is O=[N+]([O-])O.O=[N+]([O-])O.[Mn].[OH3+].[OH3+].[OH3+].[OH3+]. The molecule has 12 nitrogen and oxygen atoms in total. The Balaban J connectivity index is -0.00000000800. The molecule has 0 saturated heterocycles. The van der Waals surface area contributed by atoms with Crippen LogP contribution in [0.3, 0.4) is 0 Å². The van der Waals surface area contributed by atoms with Gasteiger partial charge in [-0.3, -0.25) is 0 Å². The molecule has 0 aromatic carbocycles. The van der Waals surface area contributed by atoms with Crippen LogP contribution in [-0.2, 0) is 39.0 Å². The number of nitrogens with zero attached hydrogens (tertiary/aromatic N) is 2. The fourth-order valence-electron chi connectivity index (χ4n) is 0. The summed E-state index contributed by atoms with van der Waals surface area (Å²) in [5.41, 5.74) is 0. The third kappa shape index (κ3) is 536. The van der Waals surface area contributed by atoms with Gasteiger partial charge in [-0.1, -0.05) is 0 Å². The van der Waals surface area contributed by atoms with Crippen molar-refractivity contribution in [3.63, 3.8) is 0 Å². The maximum Gasteiger partial charge on any atom is 0.291 e. The molecule has 0 aliphatic carbocycles. The molecule has 0 aromatic heterocycles. The Morgan fingerprint density at radius 1 is 0.769 bits per heavy atom. The third-order valence-electron chi connectivity index (χ3n) is 0. The Labute approximate surface area is 80.7 Å². The molecule has 0 atom stereocenters. The predicted octanol–water partition coefficient (Wildman–Crippen LogP) is -4.39. The Bertz CT molecular complexity index is 70.9. The second-order valence-electron chi connectivity index (χ2n) is 0.476. The molecular weight excluding hydrogens is 243 g/mol. The van der Waals surface area contributed by atoms with Crippen LogP contribution in [-0.4, -0.2) is 20.6 Å². The van der Waals surface area contributed by atoms with Crippen LogP contribution in [0.4, 0.5) is 0 Å². The Kier molecular flexibility index (Phi) is 209. The van der Waals surface area contributed by atoms with Crippen molar-refractivity contribution >= 4 is 0 Å². The first-order valence-corrected chi connectivity index (χ1v) is 1.13. The number of hydrogen-bond donors (Lipinski definition) is 2. The predicted molar refractivity (Wildman–Crippen MR) is 37.0 cm³/mol. The molecule has 13 heavy (non-hydrogen) atoms. The summed E-state index contributed by atoms with van der Waals surface area (Å²) in [6.45, 7) is 0. The van der Waals surface area contributed by atoms with Gasteiger partial charge in [-0.05, 0) is 0 Å². The van der Waals surface area contributed by atoms with Crippen LogP contribution in [0, 0.1) is 20.2 Å².